The minimum atomic E-state index is 0.983. The first-order chi connectivity index (χ1) is 4.74. The SMILES string of the molecule is Cc1cc(/C=C/Br)nn1C. The molecule has 2 nitrogen and oxygen atoms in total. The van der Waals surface area contributed by atoms with Crippen LogP contribution in [0.4, 0.5) is 0 Å². The molecule has 0 fully saturated rings. The van der Waals surface area contributed by atoms with Crippen molar-refractivity contribution < 1.29 is 0 Å². The summed E-state index contributed by atoms with van der Waals surface area (Å²) in [4.78, 5) is 1.80. The van der Waals surface area contributed by atoms with E-state index in [1.54, 1.807) is 4.99 Å². The van der Waals surface area contributed by atoms with Crippen molar-refractivity contribution in [1.82, 2.24) is 9.78 Å². The van der Waals surface area contributed by atoms with Gasteiger partial charge in [0.2, 0.25) is 0 Å². The minimum absolute atomic E-state index is 0.983. The Balaban J connectivity index is 2.98. The summed E-state index contributed by atoms with van der Waals surface area (Å²) in [5.74, 6) is 0. The monoisotopic (exact) mass is 200 g/mol. The van der Waals surface area contributed by atoms with E-state index in [4.69, 9.17) is 0 Å². The Hall–Kier alpha value is -0.570. The number of halogens is 1. The molecule has 1 aromatic rings. The maximum atomic E-state index is 4.20. The molecule has 1 heterocycles. The summed E-state index contributed by atoms with van der Waals surface area (Å²) >= 11 is 3.19. The molecule has 0 aliphatic rings. The molecule has 10 heavy (non-hydrogen) atoms. The molecule has 0 aromatic carbocycles. The molecule has 0 amide bonds. The Kier molecular flexibility index (Phi) is 2.27. The van der Waals surface area contributed by atoms with Crippen LogP contribution in [0.2, 0.25) is 0 Å². The molecule has 0 radical (unpaired) electrons. The largest absolute Gasteiger partial charge is 0.272 e. The van der Waals surface area contributed by atoms with E-state index in [9.17, 15) is 0 Å². The molecule has 0 spiro atoms. The fourth-order valence-electron chi connectivity index (χ4n) is 0.734. The third-order valence-corrected chi connectivity index (χ3v) is 1.63. The quantitative estimate of drug-likeness (QED) is 0.680. The normalized spacial score (nSPS) is 11.1. The van der Waals surface area contributed by atoms with Crippen molar-refractivity contribution in [1.29, 1.82) is 0 Å². The van der Waals surface area contributed by atoms with Gasteiger partial charge < -0.3 is 0 Å². The summed E-state index contributed by atoms with van der Waals surface area (Å²) in [5.41, 5.74) is 2.15. The van der Waals surface area contributed by atoms with E-state index in [2.05, 4.69) is 21.0 Å². The summed E-state index contributed by atoms with van der Waals surface area (Å²) < 4.78 is 1.85. The standard InChI is InChI=1S/C7H9BrN2/c1-6-5-7(3-4-8)9-10(6)2/h3-5H,1-2H3/b4-3+. The van der Waals surface area contributed by atoms with E-state index in [-0.39, 0.29) is 0 Å². The molecule has 0 unspecified atom stereocenters. The molecule has 0 saturated carbocycles. The molecule has 0 aliphatic carbocycles. The number of hydrogen-bond acceptors (Lipinski definition) is 1. The highest BCUT2D eigenvalue weighted by molar-refractivity contribution is 9.11. The van der Waals surface area contributed by atoms with E-state index in [0.29, 0.717) is 0 Å². The molecule has 3 heteroatoms. The molecule has 0 atom stereocenters. The first kappa shape index (κ1) is 7.54. The maximum absolute atomic E-state index is 4.20. The Labute approximate surface area is 68.7 Å². The van der Waals surface area contributed by atoms with Crippen LogP contribution in [0.25, 0.3) is 6.08 Å². The van der Waals surface area contributed by atoms with Gasteiger partial charge in [0, 0.05) is 12.7 Å². The second-order valence-corrected chi connectivity index (χ2v) is 2.66. The van der Waals surface area contributed by atoms with E-state index < -0.39 is 0 Å². The van der Waals surface area contributed by atoms with Crippen molar-refractivity contribution >= 4 is 22.0 Å². The van der Waals surface area contributed by atoms with E-state index in [1.807, 2.05) is 30.8 Å². The lowest BCUT2D eigenvalue weighted by molar-refractivity contribution is 0.737. The maximum Gasteiger partial charge on any atom is 0.0858 e. The smallest absolute Gasteiger partial charge is 0.0858 e. The molecule has 54 valence electrons. The van der Waals surface area contributed by atoms with Gasteiger partial charge in [-0.3, -0.25) is 4.68 Å². The second-order valence-electron chi connectivity index (χ2n) is 2.13. The lowest BCUT2D eigenvalue weighted by Crippen LogP contribution is -1.91. The number of hydrogen-bond donors (Lipinski definition) is 0. The van der Waals surface area contributed by atoms with Crippen molar-refractivity contribution in [3.05, 3.63) is 22.4 Å². The van der Waals surface area contributed by atoms with Gasteiger partial charge in [-0.1, -0.05) is 15.9 Å². The van der Waals surface area contributed by atoms with Crippen LogP contribution in [0.15, 0.2) is 11.1 Å². The van der Waals surface area contributed by atoms with Crippen LogP contribution in [0.3, 0.4) is 0 Å². The Morgan fingerprint density at radius 2 is 2.40 bits per heavy atom. The van der Waals surface area contributed by atoms with Crippen molar-refractivity contribution in [2.24, 2.45) is 7.05 Å². The molecule has 1 rings (SSSR count). The summed E-state index contributed by atoms with van der Waals surface area (Å²) in [6.07, 6.45) is 1.91. The van der Waals surface area contributed by atoms with Crippen molar-refractivity contribution in [2.75, 3.05) is 0 Å². The summed E-state index contributed by atoms with van der Waals surface area (Å²) in [6.45, 7) is 2.03. The van der Waals surface area contributed by atoms with Crippen LogP contribution >= 0.6 is 15.9 Å². The van der Waals surface area contributed by atoms with Gasteiger partial charge in [0.25, 0.3) is 0 Å². The average molecular weight is 201 g/mol. The van der Waals surface area contributed by atoms with Gasteiger partial charge in [-0.15, -0.1) is 0 Å². The van der Waals surface area contributed by atoms with Crippen molar-refractivity contribution in [3.8, 4) is 0 Å². The van der Waals surface area contributed by atoms with Crippen LogP contribution in [0.5, 0.6) is 0 Å². The summed E-state index contributed by atoms with van der Waals surface area (Å²) in [6, 6.07) is 2.03. The van der Waals surface area contributed by atoms with Crippen LogP contribution in [0.1, 0.15) is 11.4 Å². The fraction of sp³-hybridized carbons (Fsp3) is 0.286. The lowest BCUT2D eigenvalue weighted by atomic mass is 10.4. The first-order valence-electron chi connectivity index (χ1n) is 3.01. The van der Waals surface area contributed by atoms with Crippen LogP contribution in [-0.4, -0.2) is 9.78 Å². The fourth-order valence-corrected chi connectivity index (χ4v) is 1.01. The molecule has 0 N–H and O–H groups in total. The van der Waals surface area contributed by atoms with Gasteiger partial charge >= 0.3 is 0 Å². The Bertz CT molecular complexity index is 231. The highest BCUT2D eigenvalue weighted by Gasteiger charge is 1.94. The van der Waals surface area contributed by atoms with E-state index in [1.165, 1.54) is 5.69 Å². The van der Waals surface area contributed by atoms with Crippen LogP contribution < -0.4 is 0 Å². The number of aryl methyl sites for hydroxylation is 2. The van der Waals surface area contributed by atoms with Gasteiger partial charge in [-0.25, -0.2) is 0 Å². The second kappa shape index (κ2) is 3.01. The van der Waals surface area contributed by atoms with Gasteiger partial charge in [0.15, 0.2) is 0 Å². The third kappa shape index (κ3) is 1.48. The molecular formula is C7H9BrN2. The molecule has 0 bridgehead atoms. The predicted molar refractivity (Wildman–Crippen MR) is 45.9 cm³/mol. The Morgan fingerprint density at radius 1 is 1.70 bits per heavy atom. The number of aromatic nitrogens is 2. The van der Waals surface area contributed by atoms with Gasteiger partial charge in [-0.05, 0) is 24.1 Å². The van der Waals surface area contributed by atoms with Gasteiger partial charge in [0.1, 0.15) is 0 Å². The summed E-state index contributed by atoms with van der Waals surface area (Å²) in [7, 11) is 1.93. The van der Waals surface area contributed by atoms with E-state index >= 15 is 0 Å². The third-order valence-electron chi connectivity index (χ3n) is 1.37. The van der Waals surface area contributed by atoms with Gasteiger partial charge in [-0.2, -0.15) is 5.10 Å². The highest BCUT2D eigenvalue weighted by Crippen LogP contribution is 2.03. The topological polar surface area (TPSA) is 17.8 Å². The number of rotatable bonds is 1. The Morgan fingerprint density at radius 3 is 2.80 bits per heavy atom. The molecule has 0 saturated heterocycles. The first-order valence-corrected chi connectivity index (χ1v) is 3.93. The lowest BCUT2D eigenvalue weighted by Gasteiger charge is -1.87. The minimum Gasteiger partial charge on any atom is -0.272 e. The summed E-state index contributed by atoms with van der Waals surface area (Å²) in [5, 5.41) is 4.20. The van der Waals surface area contributed by atoms with Crippen molar-refractivity contribution in [3.63, 3.8) is 0 Å². The zero-order chi connectivity index (χ0) is 7.56. The molecular weight excluding hydrogens is 192 g/mol. The van der Waals surface area contributed by atoms with Crippen LogP contribution in [-0.2, 0) is 7.05 Å². The zero-order valence-corrected chi connectivity index (χ0v) is 7.59. The predicted octanol–water partition coefficient (Wildman–Crippen LogP) is 2.09. The highest BCUT2D eigenvalue weighted by atomic mass is 79.9. The van der Waals surface area contributed by atoms with E-state index in [0.717, 1.165) is 5.69 Å². The van der Waals surface area contributed by atoms with Crippen LogP contribution in [0, 0.1) is 6.92 Å². The molecule has 0 aliphatic heterocycles. The van der Waals surface area contributed by atoms with Crippen molar-refractivity contribution in [2.45, 2.75) is 6.92 Å². The number of nitrogens with zero attached hydrogens (tertiary/aromatic N) is 2. The zero-order valence-electron chi connectivity index (χ0n) is 6.00. The van der Waals surface area contributed by atoms with Gasteiger partial charge in [0.05, 0.1) is 5.69 Å². The molecule has 1 aromatic heterocycles. The average Bonchev–Trinajstić information content (AvgIpc) is 2.14.